The second-order valence-electron chi connectivity index (χ2n) is 4.40. The molecule has 1 aliphatic rings. The van der Waals surface area contributed by atoms with E-state index in [9.17, 15) is 10.1 Å². The van der Waals surface area contributed by atoms with Crippen molar-refractivity contribution in [3.8, 4) is 0 Å². The summed E-state index contributed by atoms with van der Waals surface area (Å²) >= 11 is 0. The maximum atomic E-state index is 10.5. The summed E-state index contributed by atoms with van der Waals surface area (Å²) in [7, 11) is 0. The van der Waals surface area contributed by atoms with E-state index >= 15 is 0 Å². The van der Waals surface area contributed by atoms with Gasteiger partial charge in [-0.2, -0.15) is 0 Å². The van der Waals surface area contributed by atoms with Gasteiger partial charge in [0.15, 0.2) is 0 Å². The lowest BCUT2D eigenvalue weighted by atomic mass is 10.2. The van der Waals surface area contributed by atoms with Gasteiger partial charge in [0.1, 0.15) is 11.2 Å². The van der Waals surface area contributed by atoms with Gasteiger partial charge in [-0.15, -0.1) is 0 Å². The molecular formula is C10H11N9O3. The normalized spacial score (nSPS) is 12.9. The maximum absolute atomic E-state index is 10.5. The molecule has 4 rings (SSSR count). The highest BCUT2D eigenvalue weighted by molar-refractivity contribution is 5.89. The van der Waals surface area contributed by atoms with E-state index in [4.69, 9.17) is 5.73 Å². The standard InChI is InChI=1S/C6H4N4O3.C4H7N5/c7-3-1-2-4-5(9-13-8-4)6(3)10(11)12;1-2-5-4-6-7-8-9(4)3-1/h1-2H,7H2;1-3H2,(H,5,6,8). The smallest absolute Gasteiger partial charge is 0.323 e. The lowest BCUT2D eigenvalue weighted by molar-refractivity contribution is -0.382. The topological polar surface area (TPSA) is 164 Å². The number of aromatic nitrogens is 6. The Labute approximate surface area is 122 Å². The van der Waals surface area contributed by atoms with E-state index in [0.29, 0.717) is 5.52 Å². The first-order chi connectivity index (χ1) is 10.7. The summed E-state index contributed by atoms with van der Waals surface area (Å²) in [5, 5.41) is 31.5. The lowest BCUT2D eigenvalue weighted by Crippen LogP contribution is -2.17. The Balaban J connectivity index is 0.000000139. The van der Waals surface area contributed by atoms with Crippen LogP contribution in [0.3, 0.4) is 0 Å². The number of nitrogens with two attached hydrogens (primary N) is 1. The van der Waals surface area contributed by atoms with Gasteiger partial charge in [-0.05, 0) is 39.3 Å². The minimum Gasteiger partial charge on any atom is -0.393 e. The molecule has 3 heterocycles. The fourth-order valence-corrected chi connectivity index (χ4v) is 1.96. The van der Waals surface area contributed by atoms with Gasteiger partial charge in [0.2, 0.25) is 11.5 Å². The summed E-state index contributed by atoms with van der Waals surface area (Å²) in [5.41, 5.74) is 5.57. The molecule has 0 bridgehead atoms. The number of tetrazole rings is 1. The van der Waals surface area contributed by atoms with Gasteiger partial charge >= 0.3 is 5.69 Å². The van der Waals surface area contributed by atoms with Crippen LogP contribution >= 0.6 is 0 Å². The number of nitrogens with one attached hydrogen (secondary N) is 1. The van der Waals surface area contributed by atoms with Crippen molar-refractivity contribution in [2.24, 2.45) is 0 Å². The fraction of sp³-hybridized carbons (Fsp3) is 0.300. The number of fused-ring (bicyclic) bond motifs is 2. The molecule has 0 saturated heterocycles. The number of nitro groups is 1. The Kier molecular flexibility index (Phi) is 3.47. The van der Waals surface area contributed by atoms with E-state index in [-0.39, 0.29) is 16.9 Å². The van der Waals surface area contributed by atoms with Crippen LogP contribution in [-0.4, -0.2) is 42.0 Å². The number of nitrogens with zero attached hydrogens (tertiary/aromatic N) is 7. The molecule has 114 valence electrons. The van der Waals surface area contributed by atoms with Crippen molar-refractivity contribution in [2.75, 3.05) is 17.6 Å². The highest BCUT2D eigenvalue weighted by atomic mass is 16.6. The van der Waals surface area contributed by atoms with E-state index in [1.54, 1.807) is 4.68 Å². The molecule has 12 nitrogen and oxygen atoms in total. The van der Waals surface area contributed by atoms with Crippen LogP contribution in [0.5, 0.6) is 0 Å². The second kappa shape index (κ2) is 5.59. The highest BCUT2D eigenvalue weighted by Crippen LogP contribution is 2.28. The Morgan fingerprint density at radius 3 is 3.05 bits per heavy atom. The SMILES string of the molecule is C1CNc2nnnn2C1.Nc1ccc2nonc2c1[N+](=O)[O-]. The molecule has 1 aromatic carbocycles. The zero-order chi connectivity index (χ0) is 15.5. The molecule has 1 aliphatic heterocycles. The average Bonchev–Trinajstić information content (AvgIpc) is 3.15. The van der Waals surface area contributed by atoms with E-state index < -0.39 is 4.92 Å². The first kappa shape index (κ1) is 13.7. The Hall–Kier alpha value is -3.31. The van der Waals surface area contributed by atoms with Crippen LogP contribution in [0.25, 0.3) is 11.0 Å². The first-order valence-electron chi connectivity index (χ1n) is 6.32. The van der Waals surface area contributed by atoms with Crippen molar-refractivity contribution in [2.45, 2.75) is 13.0 Å². The number of anilines is 2. The van der Waals surface area contributed by atoms with Crippen molar-refractivity contribution in [1.82, 2.24) is 30.5 Å². The minimum absolute atomic E-state index is 0.0493. The Morgan fingerprint density at radius 2 is 2.27 bits per heavy atom. The maximum Gasteiger partial charge on any atom is 0.323 e. The number of benzene rings is 1. The molecular weight excluding hydrogens is 294 g/mol. The van der Waals surface area contributed by atoms with E-state index in [0.717, 1.165) is 25.5 Å². The molecule has 2 aromatic heterocycles. The van der Waals surface area contributed by atoms with Gasteiger partial charge in [0.25, 0.3) is 0 Å². The number of rotatable bonds is 1. The Bertz CT molecular complexity index is 790. The zero-order valence-electron chi connectivity index (χ0n) is 11.2. The molecule has 0 saturated carbocycles. The van der Waals surface area contributed by atoms with Crippen LogP contribution in [-0.2, 0) is 6.54 Å². The van der Waals surface area contributed by atoms with E-state index in [1.807, 2.05) is 0 Å². The molecule has 12 heteroatoms. The summed E-state index contributed by atoms with van der Waals surface area (Å²) in [5.74, 6) is 0.793. The molecule has 0 amide bonds. The number of nitro benzene ring substituents is 1. The molecule has 3 N–H and O–H groups in total. The molecule has 0 radical (unpaired) electrons. The van der Waals surface area contributed by atoms with Crippen LogP contribution < -0.4 is 11.1 Å². The van der Waals surface area contributed by atoms with Crippen molar-refractivity contribution >= 4 is 28.4 Å². The summed E-state index contributed by atoms with van der Waals surface area (Å²) in [6, 6.07) is 2.90. The van der Waals surface area contributed by atoms with Crippen molar-refractivity contribution in [3.05, 3.63) is 22.2 Å². The molecule has 0 atom stereocenters. The molecule has 0 fully saturated rings. The van der Waals surface area contributed by atoms with Gasteiger partial charge in [-0.3, -0.25) is 10.1 Å². The molecule has 3 aromatic rings. The monoisotopic (exact) mass is 305 g/mol. The summed E-state index contributed by atoms with van der Waals surface area (Å²) in [6.45, 7) is 1.93. The highest BCUT2D eigenvalue weighted by Gasteiger charge is 2.20. The third-order valence-electron chi connectivity index (χ3n) is 2.98. The minimum atomic E-state index is -0.609. The van der Waals surface area contributed by atoms with Gasteiger partial charge in [-0.1, -0.05) is 5.10 Å². The molecule has 0 unspecified atom stereocenters. The van der Waals surface area contributed by atoms with Crippen molar-refractivity contribution < 1.29 is 9.55 Å². The Morgan fingerprint density at radius 1 is 1.41 bits per heavy atom. The van der Waals surface area contributed by atoms with Crippen LogP contribution in [0.15, 0.2) is 16.8 Å². The van der Waals surface area contributed by atoms with Crippen LogP contribution in [0, 0.1) is 10.1 Å². The van der Waals surface area contributed by atoms with E-state index in [2.05, 4.69) is 35.8 Å². The number of hydrogen-bond donors (Lipinski definition) is 2. The van der Waals surface area contributed by atoms with Crippen molar-refractivity contribution in [1.29, 1.82) is 0 Å². The van der Waals surface area contributed by atoms with Crippen molar-refractivity contribution in [3.63, 3.8) is 0 Å². The number of hydrogen-bond acceptors (Lipinski definition) is 10. The number of nitrogen functional groups attached to an aromatic ring is 1. The average molecular weight is 305 g/mol. The van der Waals surface area contributed by atoms with Gasteiger partial charge in [0.05, 0.1) is 4.92 Å². The summed E-state index contributed by atoms with van der Waals surface area (Å²) < 4.78 is 6.12. The molecule has 0 spiro atoms. The fourth-order valence-electron chi connectivity index (χ4n) is 1.96. The summed E-state index contributed by atoms with van der Waals surface area (Å²) in [6.07, 6.45) is 1.11. The number of aryl methyl sites for hydroxylation is 1. The predicted molar refractivity (Wildman–Crippen MR) is 73.8 cm³/mol. The lowest BCUT2D eigenvalue weighted by Gasteiger charge is -2.11. The van der Waals surface area contributed by atoms with Gasteiger partial charge in [0, 0.05) is 13.1 Å². The summed E-state index contributed by atoms with van der Waals surface area (Å²) in [4.78, 5) is 9.94. The molecule has 0 aliphatic carbocycles. The van der Waals surface area contributed by atoms with Crippen LogP contribution in [0.1, 0.15) is 6.42 Å². The second-order valence-corrected chi connectivity index (χ2v) is 4.40. The van der Waals surface area contributed by atoms with Crippen LogP contribution in [0.2, 0.25) is 0 Å². The first-order valence-corrected chi connectivity index (χ1v) is 6.32. The quantitative estimate of drug-likeness (QED) is 0.360. The van der Waals surface area contributed by atoms with Gasteiger partial charge in [-0.25, -0.2) is 9.31 Å². The molecule has 22 heavy (non-hydrogen) atoms. The zero-order valence-corrected chi connectivity index (χ0v) is 11.2. The third kappa shape index (κ3) is 2.48. The largest absolute Gasteiger partial charge is 0.393 e. The van der Waals surface area contributed by atoms with E-state index in [1.165, 1.54) is 12.1 Å². The predicted octanol–water partition coefficient (Wildman–Crippen LogP) is 0.202. The third-order valence-corrected chi connectivity index (χ3v) is 2.98. The van der Waals surface area contributed by atoms with Gasteiger partial charge < -0.3 is 11.1 Å². The van der Waals surface area contributed by atoms with Crippen LogP contribution in [0.4, 0.5) is 17.3 Å².